The molecule has 0 radical (unpaired) electrons. The lowest BCUT2D eigenvalue weighted by atomic mass is 10.2. The van der Waals surface area contributed by atoms with Gasteiger partial charge in [-0.1, -0.05) is 18.2 Å². The van der Waals surface area contributed by atoms with Gasteiger partial charge in [-0.05, 0) is 52.7 Å². The molecule has 0 spiro atoms. The molecule has 0 bridgehead atoms. The third kappa shape index (κ3) is 2.44. The Kier molecular flexibility index (Phi) is 3.28. The number of hydrogen-bond donors (Lipinski definition) is 1. The lowest BCUT2D eigenvalue weighted by Gasteiger charge is -2.10. The monoisotopic (exact) mass is 329 g/mol. The molecule has 20 heavy (non-hydrogen) atoms. The van der Waals surface area contributed by atoms with Gasteiger partial charge in [0.2, 0.25) is 11.8 Å². The van der Waals surface area contributed by atoms with Crippen molar-refractivity contribution in [2.24, 2.45) is 0 Å². The highest BCUT2D eigenvalue weighted by molar-refractivity contribution is 9.10. The minimum Gasteiger partial charge on any atom is -0.437 e. The molecule has 1 heterocycles. The second-order valence-electron chi connectivity index (χ2n) is 4.44. The summed E-state index contributed by atoms with van der Waals surface area (Å²) < 4.78 is 6.75. The van der Waals surface area contributed by atoms with E-state index in [1.165, 1.54) is 0 Å². The highest BCUT2D eigenvalue weighted by Gasteiger charge is 2.10. The summed E-state index contributed by atoms with van der Waals surface area (Å²) in [4.78, 5) is 8.37. The maximum absolute atomic E-state index is 5.88. The van der Waals surface area contributed by atoms with Crippen molar-refractivity contribution in [1.82, 2.24) is 9.97 Å². The topological polar surface area (TPSA) is 61.0 Å². The molecule has 2 N–H and O–H groups in total. The van der Waals surface area contributed by atoms with E-state index in [4.69, 9.17) is 10.5 Å². The van der Waals surface area contributed by atoms with Crippen molar-refractivity contribution in [2.75, 3.05) is 5.73 Å². The quantitative estimate of drug-likeness (QED) is 0.769. The Balaban J connectivity index is 2.10. The lowest BCUT2D eigenvalue weighted by molar-refractivity contribution is 0.466. The van der Waals surface area contributed by atoms with Gasteiger partial charge in [0.05, 0.1) is 15.4 Å². The fourth-order valence-corrected chi connectivity index (χ4v) is 2.51. The summed E-state index contributed by atoms with van der Waals surface area (Å²) in [5.74, 6) is 1.35. The van der Waals surface area contributed by atoms with E-state index in [2.05, 4.69) is 25.9 Å². The molecular formula is C15H12BrN3O. The fourth-order valence-electron chi connectivity index (χ4n) is 1.94. The van der Waals surface area contributed by atoms with Gasteiger partial charge in [0, 0.05) is 0 Å². The Morgan fingerprint density at radius 2 is 1.90 bits per heavy atom. The molecule has 0 fully saturated rings. The van der Waals surface area contributed by atoms with Crippen LogP contribution >= 0.6 is 15.9 Å². The van der Waals surface area contributed by atoms with E-state index >= 15 is 0 Å². The Morgan fingerprint density at radius 3 is 2.70 bits per heavy atom. The Morgan fingerprint density at radius 1 is 1.10 bits per heavy atom. The van der Waals surface area contributed by atoms with Gasteiger partial charge in [-0.2, -0.15) is 4.98 Å². The van der Waals surface area contributed by atoms with Crippen molar-refractivity contribution in [2.45, 2.75) is 6.92 Å². The molecule has 0 atom stereocenters. The molecule has 3 aromatic rings. The number of ether oxygens (including phenoxy) is 1. The van der Waals surface area contributed by atoms with Crippen molar-refractivity contribution < 1.29 is 4.74 Å². The van der Waals surface area contributed by atoms with Gasteiger partial charge in [-0.25, -0.2) is 4.98 Å². The minimum absolute atomic E-state index is 0.196. The summed E-state index contributed by atoms with van der Waals surface area (Å²) in [5.41, 5.74) is 7.64. The molecule has 4 nitrogen and oxygen atoms in total. The maximum atomic E-state index is 5.88. The fraction of sp³-hybridized carbons (Fsp3) is 0.0667. The molecular weight excluding hydrogens is 318 g/mol. The van der Waals surface area contributed by atoms with Crippen LogP contribution in [0.4, 0.5) is 5.95 Å². The number of halogens is 1. The van der Waals surface area contributed by atoms with E-state index in [0.717, 1.165) is 20.9 Å². The first-order valence-corrected chi connectivity index (χ1v) is 6.89. The van der Waals surface area contributed by atoms with E-state index in [1.54, 1.807) is 0 Å². The molecule has 0 saturated carbocycles. The summed E-state index contributed by atoms with van der Waals surface area (Å²) in [7, 11) is 0. The molecule has 1 aromatic heterocycles. The SMILES string of the molecule is Cc1ccc(Oc2nc(N)nc3ccccc23)c(Br)c1. The highest BCUT2D eigenvalue weighted by atomic mass is 79.9. The Labute approximate surface area is 124 Å². The zero-order chi connectivity index (χ0) is 14.1. The Hall–Kier alpha value is -2.14. The average Bonchev–Trinajstić information content (AvgIpc) is 2.41. The van der Waals surface area contributed by atoms with Crippen molar-refractivity contribution in [3.8, 4) is 11.6 Å². The summed E-state index contributed by atoms with van der Waals surface area (Å²) in [5, 5.41) is 0.828. The molecule has 2 aromatic carbocycles. The number of nitrogens with two attached hydrogens (primary N) is 1. The average molecular weight is 330 g/mol. The zero-order valence-electron chi connectivity index (χ0n) is 10.8. The van der Waals surface area contributed by atoms with E-state index in [1.807, 2.05) is 49.4 Å². The van der Waals surface area contributed by atoms with Crippen LogP contribution in [0.5, 0.6) is 11.6 Å². The minimum atomic E-state index is 0.196. The number of rotatable bonds is 2. The molecule has 5 heteroatoms. The number of nitrogen functional groups attached to an aromatic ring is 1. The van der Waals surface area contributed by atoms with Crippen LogP contribution in [0, 0.1) is 6.92 Å². The summed E-state index contributed by atoms with van der Waals surface area (Å²) >= 11 is 3.49. The van der Waals surface area contributed by atoms with Gasteiger partial charge >= 0.3 is 0 Å². The van der Waals surface area contributed by atoms with Crippen molar-refractivity contribution in [3.63, 3.8) is 0 Å². The second-order valence-corrected chi connectivity index (χ2v) is 5.29. The molecule has 0 saturated heterocycles. The largest absolute Gasteiger partial charge is 0.437 e. The Bertz CT molecular complexity index is 789. The first kappa shape index (κ1) is 12.9. The predicted molar refractivity (Wildman–Crippen MR) is 82.9 cm³/mol. The smallest absolute Gasteiger partial charge is 0.232 e. The van der Waals surface area contributed by atoms with Crippen molar-refractivity contribution in [1.29, 1.82) is 0 Å². The number of hydrogen-bond acceptors (Lipinski definition) is 4. The van der Waals surface area contributed by atoms with Crippen LogP contribution in [0.1, 0.15) is 5.56 Å². The predicted octanol–water partition coefficient (Wildman–Crippen LogP) is 4.08. The van der Waals surface area contributed by atoms with Gasteiger partial charge in [0.1, 0.15) is 5.75 Å². The van der Waals surface area contributed by atoms with Gasteiger partial charge in [-0.15, -0.1) is 0 Å². The van der Waals surface area contributed by atoms with Crippen LogP contribution in [-0.2, 0) is 0 Å². The first-order chi connectivity index (χ1) is 9.63. The van der Waals surface area contributed by atoms with Crippen LogP contribution in [0.3, 0.4) is 0 Å². The van der Waals surface area contributed by atoms with E-state index in [-0.39, 0.29) is 5.95 Å². The third-order valence-electron chi connectivity index (χ3n) is 2.88. The van der Waals surface area contributed by atoms with Crippen molar-refractivity contribution >= 4 is 32.8 Å². The van der Waals surface area contributed by atoms with Gasteiger partial charge in [0.25, 0.3) is 0 Å². The second kappa shape index (κ2) is 5.09. The van der Waals surface area contributed by atoms with Crippen LogP contribution in [-0.4, -0.2) is 9.97 Å². The third-order valence-corrected chi connectivity index (χ3v) is 3.50. The number of fused-ring (bicyclic) bond motifs is 1. The number of aromatic nitrogens is 2. The van der Waals surface area contributed by atoms with E-state index in [0.29, 0.717) is 11.6 Å². The van der Waals surface area contributed by atoms with E-state index < -0.39 is 0 Å². The van der Waals surface area contributed by atoms with Gasteiger partial charge in [0.15, 0.2) is 0 Å². The number of para-hydroxylation sites is 1. The number of anilines is 1. The van der Waals surface area contributed by atoms with Crippen LogP contribution in [0.25, 0.3) is 10.9 Å². The zero-order valence-corrected chi connectivity index (χ0v) is 12.4. The van der Waals surface area contributed by atoms with Crippen LogP contribution < -0.4 is 10.5 Å². The number of nitrogens with zero attached hydrogens (tertiary/aromatic N) is 2. The van der Waals surface area contributed by atoms with E-state index in [9.17, 15) is 0 Å². The summed E-state index contributed by atoms with van der Waals surface area (Å²) in [6.45, 7) is 2.02. The standard InChI is InChI=1S/C15H12BrN3O/c1-9-6-7-13(11(16)8-9)20-14-10-4-2-3-5-12(10)18-15(17)19-14/h2-8H,1H3,(H2,17,18,19). The normalized spacial score (nSPS) is 10.7. The molecule has 100 valence electrons. The van der Waals surface area contributed by atoms with Gasteiger partial charge in [-0.3, -0.25) is 0 Å². The lowest BCUT2D eigenvalue weighted by Crippen LogP contribution is -1.98. The van der Waals surface area contributed by atoms with Gasteiger partial charge < -0.3 is 10.5 Å². The van der Waals surface area contributed by atoms with Crippen molar-refractivity contribution in [3.05, 3.63) is 52.5 Å². The first-order valence-electron chi connectivity index (χ1n) is 6.10. The maximum Gasteiger partial charge on any atom is 0.232 e. The van der Waals surface area contributed by atoms with Crippen LogP contribution in [0.2, 0.25) is 0 Å². The molecule has 0 unspecified atom stereocenters. The molecule has 3 rings (SSSR count). The molecule has 0 aliphatic heterocycles. The molecule has 0 aliphatic carbocycles. The molecule has 0 aliphatic rings. The number of benzene rings is 2. The summed E-state index contributed by atoms with van der Waals surface area (Å²) in [6, 6.07) is 13.5. The highest BCUT2D eigenvalue weighted by Crippen LogP contribution is 2.32. The molecule has 0 amide bonds. The summed E-state index contributed by atoms with van der Waals surface area (Å²) in [6.07, 6.45) is 0. The van der Waals surface area contributed by atoms with Crippen LogP contribution in [0.15, 0.2) is 46.9 Å². The number of aryl methyl sites for hydroxylation is 1.